The Morgan fingerprint density at radius 1 is 1.25 bits per heavy atom. The molecule has 0 saturated carbocycles. The zero-order valence-electron chi connectivity index (χ0n) is 9.76. The van der Waals surface area contributed by atoms with E-state index in [1.54, 1.807) is 18.2 Å². The highest BCUT2D eigenvalue weighted by molar-refractivity contribution is 7.15. The minimum Gasteiger partial charge on any atom is -0.378 e. The lowest BCUT2D eigenvalue weighted by Crippen LogP contribution is -2.20. The van der Waals surface area contributed by atoms with Gasteiger partial charge in [0.05, 0.1) is 0 Å². The van der Waals surface area contributed by atoms with Crippen LogP contribution >= 0.6 is 11.3 Å². The van der Waals surface area contributed by atoms with E-state index in [1.165, 1.54) is 12.1 Å². The first kappa shape index (κ1) is 14.4. The summed E-state index contributed by atoms with van der Waals surface area (Å²) < 4.78 is 36.9. The topological polar surface area (TPSA) is 75.1 Å². The van der Waals surface area contributed by atoms with E-state index in [9.17, 15) is 23.1 Å². The number of aliphatic hydroxyl groups is 1. The molecule has 1 unspecified atom stereocenters. The van der Waals surface area contributed by atoms with E-state index < -0.39 is 23.2 Å². The molecule has 2 N–H and O–H groups in total. The molecule has 0 bridgehead atoms. The maximum atomic E-state index is 12.3. The van der Waals surface area contributed by atoms with E-state index in [1.807, 2.05) is 0 Å². The second kappa shape index (κ2) is 5.55. The zero-order chi connectivity index (χ0) is 14.8. The molecule has 9 heteroatoms. The fourth-order valence-electron chi connectivity index (χ4n) is 1.35. The SMILES string of the molecule is O=C(Nc1nnc(C(F)(F)F)s1)C(O)c1ccccc1. The third kappa shape index (κ3) is 3.31. The molecule has 0 spiro atoms. The lowest BCUT2D eigenvalue weighted by atomic mass is 10.1. The molecule has 0 radical (unpaired) electrons. The first-order valence-electron chi connectivity index (χ1n) is 5.32. The molecule has 0 saturated heterocycles. The number of aliphatic hydroxyl groups excluding tert-OH is 1. The Morgan fingerprint density at radius 2 is 1.90 bits per heavy atom. The number of aromatic nitrogens is 2. The number of nitrogens with zero attached hydrogens (tertiary/aromatic N) is 2. The standard InChI is InChI=1S/C11H8F3N3O2S/c12-11(13,14)9-16-17-10(20-9)15-8(19)7(18)6-4-2-1-3-5-6/h1-5,7,18H,(H,15,17,19). The number of carbonyl (C=O) groups excluding carboxylic acids is 1. The predicted octanol–water partition coefficient (Wildman–Crippen LogP) is 2.23. The Morgan fingerprint density at radius 3 is 2.45 bits per heavy atom. The predicted molar refractivity (Wildman–Crippen MR) is 64.9 cm³/mol. The molecule has 1 aromatic heterocycles. The molecule has 1 amide bonds. The summed E-state index contributed by atoms with van der Waals surface area (Å²) in [6, 6.07) is 7.99. The highest BCUT2D eigenvalue weighted by Crippen LogP contribution is 2.33. The second-order valence-electron chi connectivity index (χ2n) is 3.71. The Hall–Kier alpha value is -2.00. The molecule has 0 aliphatic heterocycles. The van der Waals surface area contributed by atoms with Crippen LogP contribution in [0.15, 0.2) is 30.3 Å². The van der Waals surface area contributed by atoms with Gasteiger partial charge in [0.15, 0.2) is 6.10 Å². The van der Waals surface area contributed by atoms with Crippen LogP contribution in [0, 0.1) is 0 Å². The van der Waals surface area contributed by atoms with Crippen LogP contribution in [0.4, 0.5) is 18.3 Å². The van der Waals surface area contributed by atoms with E-state index in [0.717, 1.165) is 0 Å². The number of hydrogen-bond acceptors (Lipinski definition) is 5. The lowest BCUT2D eigenvalue weighted by Gasteiger charge is -2.09. The van der Waals surface area contributed by atoms with Gasteiger partial charge in [-0.15, -0.1) is 10.2 Å². The number of nitrogens with one attached hydrogen (secondary N) is 1. The summed E-state index contributed by atoms with van der Waals surface area (Å²) in [5, 5.41) is 16.5. The molecule has 5 nitrogen and oxygen atoms in total. The average molecular weight is 303 g/mol. The van der Waals surface area contributed by atoms with Gasteiger partial charge in [-0.3, -0.25) is 10.1 Å². The highest BCUT2D eigenvalue weighted by Gasteiger charge is 2.36. The van der Waals surface area contributed by atoms with Crippen molar-refractivity contribution in [1.82, 2.24) is 10.2 Å². The van der Waals surface area contributed by atoms with Gasteiger partial charge in [0, 0.05) is 0 Å². The van der Waals surface area contributed by atoms with Crippen molar-refractivity contribution in [2.45, 2.75) is 12.3 Å². The summed E-state index contributed by atoms with van der Waals surface area (Å²) in [7, 11) is 0. The normalized spacial score (nSPS) is 13.0. The molecule has 0 aliphatic rings. The van der Waals surface area contributed by atoms with Crippen molar-refractivity contribution >= 4 is 22.4 Å². The highest BCUT2D eigenvalue weighted by atomic mass is 32.1. The minimum absolute atomic E-state index is 0.190. The summed E-state index contributed by atoms with van der Waals surface area (Å²) in [6.45, 7) is 0. The van der Waals surface area contributed by atoms with Gasteiger partial charge in [-0.1, -0.05) is 41.7 Å². The van der Waals surface area contributed by atoms with Crippen LogP contribution in [0.2, 0.25) is 0 Å². The average Bonchev–Trinajstić information content (AvgIpc) is 2.87. The third-order valence-electron chi connectivity index (χ3n) is 2.26. The molecular formula is C11H8F3N3O2S. The Bertz CT molecular complexity index is 600. The summed E-state index contributed by atoms with van der Waals surface area (Å²) in [5.41, 5.74) is 0.325. The van der Waals surface area contributed by atoms with Gasteiger partial charge in [-0.25, -0.2) is 0 Å². The summed E-state index contributed by atoms with van der Waals surface area (Å²) in [6.07, 6.45) is -6.10. The zero-order valence-corrected chi connectivity index (χ0v) is 10.6. The first-order chi connectivity index (χ1) is 9.38. The number of anilines is 1. The van der Waals surface area contributed by atoms with Crippen LogP contribution in [0.3, 0.4) is 0 Å². The molecule has 2 aromatic rings. The number of halogens is 3. The largest absolute Gasteiger partial charge is 0.445 e. The molecule has 1 heterocycles. The van der Waals surface area contributed by atoms with Crippen LogP contribution in [-0.4, -0.2) is 21.2 Å². The fourth-order valence-corrected chi connectivity index (χ4v) is 1.96. The molecule has 106 valence electrons. The summed E-state index contributed by atoms with van der Waals surface area (Å²) in [4.78, 5) is 11.7. The molecule has 0 aliphatic carbocycles. The Kier molecular flexibility index (Phi) is 4.00. The Labute approximate surface area is 115 Å². The van der Waals surface area contributed by atoms with Crippen molar-refractivity contribution in [3.63, 3.8) is 0 Å². The van der Waals surface area contributed by atoms with Crippen molar-refractivity contribution in [3.8, 4) is 0 Å². The number of hydrogen-bond donors (Lipinski definition) is 2. The van der Waals surface area contributed by atoms with E-state index in [4.69, 9.17) is 0 Å². The minimum atomic E-state index is -4.61. The lowest BCUT2D eigenvalue weighted by molar-refractivity contribution is -0.138. The summed E-state index contributed by atoms with van der Waals surface area (Å²) in [5.74, 6) is -0.874. The van der Waals surface area contributed by atoms with Crippen LogP contribution in [0.25, 0.3) is 0 Å². The van der Waals surface area contributed by atoms with E-state index >= 15 is 0 Å². The third-order valence-corrected chi connectivity index (χ3v) is 3.14. The van der Waals surface area contributed by atoms with Crippen molar-refractivity contribution in [2.75, 3.05) is 5.32 Å². The van der Waals surface area contributed by atoms with Crippen molar-refractivity contribution in [2.24, 2.45) is 0 Å². The number of rotatable bonds is 3. The van der Waals surface area contributed by atoms with Crippen molar-refractivity contribution in [1.29, 1.82) is 0 Å². The van der Waals surface area contributed by atoms with E-state index in [2.05, 4.69) is 15.5 Å². The van der Waals surface area contributed by atoms with Gasteiger partial charge in [0.1, 0.15) is 0 Å². The monoisotopic (exact) mass is 303 g/mol. The number of benzene rings is 1. The van der Waals surface area contributed by atoms with Gasteiger partial charge in [-0.2, -0.15) is 13.2 Å². The molecule has 0 fully saturated rings. The van der Waals surface area contributed by atoms with E-state index in [-0.39, 0.29) is 16.5 Å². The van der Waals surface area contributed by atoms with Crippen molar-refractivity contribution in [3.05, 3.63) is 40.9 Å². The molecular weight excluding hydrogens is 295 g/mol. The molecule has 1 atom stereocenters. The maximum Gasteiger partial charge on any atom is 0.445 e. The van der Waals surface area contributed by atoms with Gasteiger partial charge in [-0.05, 0) is 5.56 Å². The van der Waals surface area contributed by atoms with Crippen LogP contribution < -0.4 is 5.32 Å². The van der Waals surface area contributed by atoms with Crippen LogP contribution in [-0.2, 0) is 11.0 Å². The quantitative estimate of drug-likeness (QED) is 0.912. The van der Waals surface area contributed by atoms with Crippen LogP contribution in [0.5, 0.6) is 0 Å². The second-order valence-corrected chi connectivity index (χ2v) is 4.69. The van der Waals surface area contributed by atoms with Gasteiger partial charge >= 0.3 is 6.18 Å². The van der Waals surface area contributed by atoms with Crippen LogP contribution in [0.1, 0.15) is 16.7 Å². The number of amides is 1. The van der Waals surface area contributed by atoms with Crippen molar-refractivity contribution < 1.29 is 23.1 Å². The number of alkyl halides is 3. The first-order valence-corrected chi connectivity index (χ1v) is 6.14. The van der Waals surface area contributed by atoms with Gasteiger partial charge in [0.2, 0.25) is 10.1 Å². The maximum absolute atomic E-state index is 12.3. The summed E-state index contributed by atoms with van der Waals surface area (Å²) >= 11 is 0.190. The van der Waals surface area contributed by atoms with E-state index in [0.29, 0.717) is 5.56 Å². The van der Waals surface area contributed by atoms with Gasteiger partial charge < -0.3 is 5.11 Å². The molecule has 20 heavy (non-hydrogen) atoms. The smallest absolute Gasteiger partial charge is 0.378 e. The van der Waals surface area contributed by atoms with Gasteiger partial charge in [0.25, 0.3) is 5.91 Å². The Balaban J connectivity index is 2.07. The molecule has 1 aromatic carbocycles. The molecule has 2 rings (SSSR count). The fraction of sp³-hybridized carbons (Fsp3) is 0.182. The number of carbonyl (C=O) groups is 1.